The predicted molar refractivity (Wildman–Crippen MR) is 78.8 cm³/mol. The molecule has 1 aromatic carbocycles. The topological polar surface area (TPSA) is 46.2 Å². The summed E-state index contributed by atoms with van der Waals surface area (Å²) in [6.07, 6.45) is 5.06. The van der Waals surface area contributed by atoms with Gasteiger partial charge < -0.3 is 5.32 Å². The summed E-state index contributed by atoms with van der Waals surface area (Å²) in [5.41, 5.74) is 1.19. The minimum Gasteiger partial charge on any atom is -0.312 e. The lowest BCUT2D eigenvalue weighted by atomic mass is 10.0. The van der Waals surface area contributed by atoms with Gasteiger partial charge >= 0.3 is 0 Å². The second-order valence-corrected chi connectivity index (χ2v) is 7.69. The van der Waals surface area contributed by atoms with E-state index in [1.54, 1.807) is 0 Å². The molecule has 0 bridgehead atoms. The zero-order valence-electron chi connectivity index (χ0n) is 11.3. The molecule has 2 rings (SSSR count). The molecule has 1 saturated carbocycles. The number of sulfone groups is 1. The summed E-state index contributed by atoms with van der Waals surface area (Å²) >= 11 is 0. The van der Waals surface area contributed by atoms with Crippen LogP contribution in [0.15, 0.2) is 30.3 Å². The number of hydrogen-bond acceptors (Lipinski definition) is 3. The number of hydrogen-bond donors (Lipinski definition) is 1. The highest BCUT2D eigenvalue weighted by Crippen LogP contribution is 2.23. The Labute approximate surface area is 116 Å². The van der Waals surface area contributed by atoms with Crippen LogP contribution in [0, 0.1) is 0 Å². The molecule has 4 heteroatoms. The highest BCUT2D eigenvalue weighted by atomic mass is 32.2. The van der Waals surface area contributed by atoms with Gasteiger partial charge in [0.25, 0.3) is 0 Å². The minimum absolute atomic E-state index is 0.0835. The van der Waals surface area contributed by atoms with Crippen LogP contribution in [0.4, 0.5) is 0 Å². The maximum absolute atomic E-state index is 12.2. The lowest BCUT2D eigenvalue weighted by molar-refractivity contribution is 0.482. The van der Waals surface area contributed by atoms with E-state index < -0.39 is 9.84 Å². The second kappa shape index (κ2) is 7.06. The molecule has 0 saturated heterocycles. The molecule has 3 nitrogen and oxygen atoms in total. The summed E-state index contributed by atoms with van der Waals surface area (Å²) < 4.78 is 24.3. The molecule has 0 radical (unpaired) electrons. The van der Waals surface area contributed by atoms with Gasteiger partial charge in [-0.15, -0.1) is 0 Å². The van der Waals surface area contributed by atoms with Crippen molar-refractivity contribution in [1.29, 1.82) is 0 Å². The van der Waals surface area contributed by atoms with E-state index in [0.717, 1.165) is 32.2 Å². The molecule has 0 atom stereocenters. The van der Waals surface area contributed by atoms with E-state index in [9.17, 15) is 8.42 Å². The van der Waals surface area contributed by atoms with Crippen molar-refractivity contribution in [3.05, 3.63) is 35.9 Å². The summed E-state index contributed by atoms with van der Waals surface area (Å²) in [6.45, 7) is 1.29. The summed E-state index contributed by atoms with van der Waals surface area (Å²) in [6, 6.07) is 10.1. The average molecular weight is 281 g/mol. The van der Waals surface area contributed by atoms with Crippen LogP contribution >= 0.6 is 0 Å². The van der Waals surface area contributed by atoms with Crippen LogP contribution in [-0.2, 0) is 16.4 Å². The third-order valence-corrected chi connectivity index (χ3v) is 6.06. The minimum atomic E-state index is -2.90. The van der Waals surface area contributed by atoms with Crippen molar-refractivity contribution in [3.8, 4) is 0 Å². The molecular weight excluding hydrogens is 258 g/mol. The van der Waals surface area contributed by atoms with Crippen LogP contribution in [0.2, 0.25) is 0 Å². The van der Waals surface area contributed by atoms with Gasteiger partial charge in [-0.25, -0.2) is 8.42 Å². The van der Waals surface area contributed by atoms with E-state index in [0.29, 0.717) is 6.54 Å². The molecule has 0 amide bonds. The third kappa shape index (κ3) is 4.62. The Balaban J connectivity index is 1.72. The van der Waals surface area contributed by atoms with Gasteiger partial charge in [-0.2, -0.15) is 0 Å². The first-order valence-corrected chi connectivity index (χ1v) is 8.86. The van der Waals surface area contributed by atoms with Crippen LogP contribution in [0.5, 0.6) is 0 Å². The Bertz CT molecular complexity index is 464. The van der Waals surface area contributed by atoms with Crippen molar-refractivity contribution < 1.29 is 8.42 Å². The van der Waals surface area contributed by atoms with E-state index in [-0.39, 0.29) is 11.0 Å². The average Bonchev–Trinajstić information content (AvgIpc) is 2.46. The fourth-order valence-electron chi connectivity index (χ4n) is 2.63. The first-order chi connectivity index (χ1) is 9.18. The number of benzene rings is 1. The zero-order valence-corrected chi connectivity index (χ0v) is 12.2. The summed E-state index contributed by atoms with van der Waals surface area (Å²) in [4.78, 5) is 0. The van der Waals surface area contributed by atoms with Crippen molar-refractivity contribution in [1.82, 2.24) is 5.32 Å². The Morgan fingerprint density at radius 3 is 2.42 bits per heavy atom. The first-order valence-electron chi connectivity index (χ1n) is 7.15. The molecule has 0 spiro atoms. The molecule has 0 aliphatic heterocycles. The van der Waals surface area contributed by atoms with Crippen molar-refractivity contribution >= 4 is 9.84 Å². The van der Waals surface area contributed by atoms with E-state index in [4.69, 9.17) is 0 Å². The van der Waals surface area contributed by atoms with Gasteiger partial charge in [-0.3, -0.25) is 0 Å². The molecule has 0 unspecified atom stereocenters. The molecule has 1 aliphatic rings. The predicted octanol–water partition coefficient (Wildman–Crippen LogP) is 2.52. The number of nitrogens with one attached hydrogen (secondary N) is 1. The lowest BCUT2D eigenvalue weighted by Gasteiger charge is -2.21. The normalized spacial score (nSPS) is 17.5. The second-order valence-electron chi connectivity index (χ2n) is 5.29. The van der Waals surface area contributed by atoms with Crippen LogP contribution in [0.3, 0.4) is 0 Å². The Morgan fingerprint density at radius 2 is 1.74 bits per heavy atom. The summed E-state index contributed by atoms with van der Waals surface area (Å²) in [7, 11) is -2.90. The van der Waals surface area contributed by atoms with Crippen molar-refractivity contribution in [3.63, 3.8) is 0 Å². The van der Waals surface area contributed by atoms with E-state index in [1.165, 1.54) is 12.0 Å². The molecule has 1 aromatic rings. The largest absolute Gasteiger partial charge is 0.312 e. The Kier molecular flexibility index (Phi) is 5.40. The molecule has 1 N–H and O–H groups in total. The Morgan fingerprint density at radius 1 is 1.05 bits per heavy atom. The quantitative estimate of drug-likeness (QED) is 0.815. The molecule has 0 aromatic heterocycles. The smallest absolute Gasteiger partial charge is 0.154 e. The number of rotatable bonds is 6. The fraction of sp³-hybridized carbons (Fsp3) is 0.600. The van der Waals surface area contributed by atoms with E-state index >= 15 is 0 Å². The van der Waals surface area contributed by atoms with Gasteiger partial charge in [0.2, 0.25) is 0 Å². The standard InChI is InChI=1S/C15H23NO2S/c17-19(18,15-9-5-2-6-10-15)12-11-16-13-14-7-3-1-4-8-14/h1,3-4,7-8,15-16H,2,5-6,9-13H2. The van der Waals surface area contributed by atoms with Crippen molar-refractivity contribution in [2.24, 2.45) is 0 Å². The highest BCUT2D eigenvalue weighted by molar-refractivity contribution is 7.92. The van der Waals surface area contributed by atoms with Crippen LogP contribution in [0.25, 0.3) is 0 Å². The van der Waals surface area contributed by atoms with Crippen LogP contribution in [-0.4, -0.2) is 26.0 Å². The van der Waals surface area contributed by atoms with E-state index in [1.807, 2.05) is 30.3 Å². The monoisotopic (exact) mass is 281 g/mol. The van der Waals surface area contributed by atoms with Crippen LogP contribution in [0.1, 0.15) is 37.7 Å². The van der Waals surface area contributed by atoms with Gasteiger partial charge in [0.15, 0.2) is 9.84 Å². The maximum Gasteiger partial charge on any atom is 0.154 e. The zero-order chi connectivity index (χ0) is 13.6. The maximum atomic E-state index is 12.2. The molecule has 1 aliphatic carbocycles. The van der Waals surface area contributed by atoms with Crippen molar-refractivity contribution in [2.75, 3.05) is 12.3 Å². The van der Waals surface area contributed by atoms with E-state index in [2.05, 4.69) is 5.32 Å². The molecule has 106 valence electrons. The highest BCUT2D eigenvalue weighted by Gasteiger charge is 2.26. The fourth-order valence-corrected chi connectivity index (χ4v) is 4.45. The van der Waals surface area contributed by atoms with Gasteiger partial charge in [0.1, 0.15) is 0 Å². The SMILES string of the molecule is O=S(=O)(CCNCc1ccccc1)C1CCCCC1. The van der Waals surface area contributed by atoms with Gasteiger partial charge in [0, 0.05) is 13.1 Å². The molecular formula is C15H23NO2S. The lowest BCUT2D eigenvalue weighted by Crippen LogP contribution is -2.31. The third-order valence-electron chi connectivity index (χ3n) is 3.80. The first kappa shape index (κ1) is 14.5. The van der Waals surface area contributed by atoms with Gasteiger partial charge in [0.05, 0.1) is 11.0 Å². The van der Waals surface area contributed by atoms with Crippen LogP contribution < -0.4 is 5.32 Å². The molecule has 0 heterocycles. The summed E-state index contributed by atoms with van der Waals surface area (Å²) in [5, 5.41) is 3.13. The molecule has 19 heavy (non-hydrogen) atoms. The summed E-state index contributed by atoms with van der Waals surface area (Å²) in [5.74, 6) is 0.268. The van der Waals surface area contributed by atoms with Crippen molar-refractivity contribution in [2.45, 2.75) is 43.9 Å². The molecule has 1 fully saturated rings. The Hall–Kier alpha value is -0.870. The van der Waals surface area contributed by atoms with Gasteiger partial charge in [-0.05, 0) is 18.4 Å². The van der Waals surface area contributed by atoms with Gasteiger partial charge in [-0.1, -0.05) is 49.6 Å².